The van der Waals surface area contributed by atoms with Crippen molar-refractivity contribution < 1.29 is 38.4 Å². The zero-order valence-corrected chi connectivity index (χ0v) is 16.7. The van der Waals surface area contributed by atoms with Crippen molar-refractivity contribution in [1.82, 2.24) is 10.2 Å². The first-order valence-electron chi connectivity index (χ1n) is 9.34. The molecule has 0 aliphatic carbocycles. The Bertz CT molecular complexity index is 650. The van der Waals surface area contributed by atoms with E-state index in [9.17, 15) is 19.5 Å². The van der Waals surface area contributed by atoms with Crippen LogP contribution in [-0.4, -0.2) is 72.1 Å². The van der Waals surface area contributed by atoms with Gasteiger partial charge in [-0.2, -0.15) is 0 Å². The molecule has 0 spiro atoms. The lowest BCUT2D eigenvalue weighted by atomic mass is 9.87. The van der Waals surface area contributed by atoms with E-state index in [1.165, 1.54) is 12.2 Å². The molecule has 29 heavy (non-hydrogen) atoms. The third kappa shape index (κ3) is 5.78. The Labute approximate surface area is 169 Å². The van der Waals surface area contributed by atoms with Crippen LogP contribution in [0.15, 0.2) is 25.3 Å². The first-order valence-corrected chi connectivity index (χ1v) is 9.34. The molecule has 10 nitrogen and oxygen atoms in total. The minimum Gasteiger partial charge on any atom is -0.458 e. The fraction of sp³-hybridized carbons (Fsp3) is 0.632. The third-order valence-corrected chi connectivity index (χ3v) is 4.54. The zero-order valence-electron chi connectivity index (χ0n) is 16.7. The van der Waals surface area contributed by atoms with E-state index < -0.39 is 42.1 Å². The van der Waals surface area contributed by atoms with E-state index in [-0.39, 0.29) is 19.3 Å². The highest BCUT2D eigenvalue weighted by molar-refractivity contribution is 5.91. The quantitative estimate of drug-likeness (QED) is 0.305. The first-order chi connectivity index (χ1) is 13.7. The molecule has 2 rings (SSSR count). The smallest absolute Gasteiger partial charge is 0.409 e. The number of alkyl carbamates (subject to hydrolysis) is 1. The average Bonchev–Trinajstić information content (AvgIpc) is 3.02. The molecule has 0 aromatic carbocycles. The van der Waals surface area contributed by atoms with Crippen LogP contribution in [0.2, 0.25) is 0 Å². The highest BCUT2D eigenvalue weighted by Gasteiger charge is 2.53. The Morgan fingerprint density at radius 1 is 1.31 bits per heavy atom. The second-order valence-corrected chi connectivity index (χ2v) is 7.15. The number of hydrogen-bond acceptors (Lipinski definition) is 8. The Morgan fingerprint density at radius 2 is 1.97 bits per heavy atom. The number of amides is 2. The van der Waals surface area contributed by atoms with Crippen LogP contribution in [0.1, 0.15) is 26.7 Å². The lowest BCUT2D eigenvalue weighted by molar-refractivity contribution is -0.193. The van der Waals surface area contributed by atoms with Gasteiger partial charge < -0.3 is 29.4 Å². The number of carbonyl (C=O) groups excluding carboxylic acids is 3. The van der Waals surface area contributed by atoms with Crippen molar-refractivity contribution in [2.45, 2.75) is 51.0 Å². The van der Waals surface area contributed by atoms with Crippen molar-refractivity contribution in [2.24, 2.45) is 5.92 Å². The SMILES string of the molecule is C=CCOC(=O)N[C@H]1[C@H](CC[C@@H]2COC(C)(C)O2)C(=O)N1C(O)C(=O)OCC=C. The fourth-order valence-corrected chi connectivity index (χ4v) is 3.20. The van der Waals surface area contributed by atoms with Gasteiger partial charge in [0.15, 0.2) is 5.79 Å². The minimum atomic E-state index is -1.85. The van der Waals surface area contributed by atoms with Gasteiger partial charge in [0.2, 0.25) is 12.1 Å². The maximum atomic E-state index is 12.6. The van der Waals surface area contributed by atoms with E-state index in [0.717, 1.165) is 4.90 Å². The summed E-state index contributed by atoms with van der Waals surface area (Å²) in [5, 5.41) is 12.7. The molecule has 162 valence electrons. The van der Waals surface area contributed by atoms with Crippen LogP contribution in [0.5, 0.6) is 0 Å². The molecule has 2 saturated heterocycles. The lowest BCUT2D eigenvalue weighted by Gasteiger charge is -2.48. The standard InChI is InChI=1S/C19H28N2O8/c1-5-9-26-17(24)16(23)21-14(20-18(25)27-10-6-2)13(15(21)22)8-7-12-11-28-19(3,4)29-12/h5-6,12-14,16,23H,1-2,7-11H2,3-4H3,(H,20,25)/t12-,13+,14-,16?/m1/s1. The summed E-state index contributed by atoms with van der Waals surface area (Å²) in [6.45, 7) is 10.7. The number of aliphatic hydroxyl groups excluding tert-OH is 1. The lowest BCUT2D eigenvalue weighted by Crippen LogP contribution is -2.71. The second kappa shape index (κ2) is 9.86. The van der Waals surface area contributed by atoms with Gasteiger partial charge in [-0.1, -0.05) is 25.3 Å². The summed E-state index contributed by atoms with van der Waals surface area (Å²) >= 11 is 0. The van der Waals surface area contributed by atoms with Crippen molar-refractivity contribution in [3.05, 3.63) is 25.3 Å². The molecule has 2 aliphatic heterocycles. The number of ether oxygens (including phenoxy) is 4. The number of nitrogens with one attached hydrogen (secondary N) is 1. The van der Waals surface area contributed by atoms with Gasteiger partial charge in [-0.15, -0.1) is 0 Å². The molecular formula is C19H28N2O8. The van der Waals surface area contributed by atoms with Crippen LogP contribution in [-0.2, 0) is 28.5 Å². The Morgan fingerprint density at radius 3 is 2.55 bits per heavy atom. The second-order valence-electron chi connectivity index (χ2n) is 7.15. The maximum absolute atomic E-state index is 12.6. The van der Waals surface area contributed by atoms with Crippen molar-refractivity contribution in [2.75, 3.05) is 19.8 Å². The summed E-state index contributed by atoms with van der Waals surface area (Å²) < 4.78 is 20.9. The maximum Gasteiger partial charge on any atom is 0.409 e. The van der Waals surface area contributed by atoms with E-state index in [4.69, 9.17) is 18.9 Å². The molecule has 0 radical (unpaired) electrons. The predicted molar refractivity (Wildman–Crippen MR) is 100 cm³/mol. The monoisotopic (exact) mass is 412 g/mol. The van der Waals surface area contributed by atoms with E-state index in [1.807, 2.05) is 0 Å². The average molecular weight is 412 g/mol. The summed E-state index contributed by atoms with van der Waals surface area (Å²) in [6, 6.07) is 0. The van der Waals surface area contributed by atoms with Crippen molar-refractivity contribution in [3.63, 3.8) is 0 Å². The molecule has 0 bridgehead atoms. The van der Waals surface area contributed by atoms with Gasteiger partial charge >= 0.3 is 12.1 Å². The predicted octanol–water partition coefficient (Wildman–Crippen LogP) is 0.662. The molecule has 2 amide bonds. The van der Waals surface area contributed by atoms with Gasteiger partial charge in [0.25, 0.3) is 0 Å². The van der Waals surface area contributed by atoms with E-state index in [2.05, 4.69) is 18.5 Å². The van der Waals surface area contributed by atoms with Crippen molar-refractivity contribution in [3.8, 4) is 0 Å². The number of rotatable bonds is 10. The molecule has 2 heterocycles. The number of likely N-dealkylation sites (tertiary alicyclic amines) is 1. The van der Waals surface area contributed by atoms with Gasteiger partial charge in [0.1, 0.15) is 19.4 Å². The number of aliphatic hydroxyl groups is 1. The number of nitrogens with zero attached hydrogens (tertiary/aromatic N) is 1. The molecule has 2 aliphatic rings. The van der Waals surface area contributed by atoms with Gasteiger partial charge in [0, 0.05) is 0 Å². The van der Waals surface area contributed by atoms with Gasteiger partial charge in [-0.3, -0.25) is 9.69 Å². The van der Waals surface area contributed by atoms with Crippen LogP contribution in [0, 0.1) is 5.92 Å². The molecule has 10 heteroatoms. The van der Waals surface area contributed by atoms with Crippen LogP contribution in [0.25, 0.3) is 0 Å². The van der Waals surface area contributed by atoms with Crippen LogP contribution >= 0.6 is 0 Å². The van der Waals surface area contributed by atoms with Crippen LogP contribution < -0.4 is 5.32 Å². The third-order valence-electron chi connectivity index (χ3n) is 4.54. The summed E-state index contributed by atoms with van der Waals surface area (Å²) in [6.07, 6.45) is -0.186. The van der Waals surface area contributed by atoms with Gasteiger partial charge in [-0.25, -0.2) is 9.59 Å². The Balaban J connectivity index is 2.01. The minimum absolute atomic E-state index is 0.0244. The van der Waals surface area contributed by atoms with Crippen LogP contribution in [0.3, 0.4) is 0 Å². The molecule has 2 fully saturated rings. The van der Waals surface area contributed by atoms with Crippen LogP contribution in [0.4, 0.5) is 4.79 Å². The van der Waals surface area contributed by atoms with Gasteiger partial charge in [-0.05, 0) is 26.7 Å². The highest BCUT2D eigenvalue weighted by Crippen LogP contribution is 2.33. The van der Waals surface area contributed by atoms with E-state index >= 15 is 0 Å². The molecule has 0 saturated carbocycles. The largest absolute Gasteiger partial charge is 0.458 e. The summed E-state index contributed by atoms with van der Waals surface area (Å²) in [7, 11) is 0. The van der Waals surface area contributed by atoms with E-state index in [0.29, 0.717) is 19.4 Å². The van der Waals surface area contributed by atoms with E-state index in [1.54, 1.807) is 13.8 Å². The van der Waals surface area contributed by atoms with Gasteiger partial charge in [0.05, 0.1) is 18.6 Å². The normalized spacial score (nSPS) is 26.2. The Hall–Kier alpha value is -2.43. The first kappa shape index (κ1) is 22.9. The number of carbonyl (C=O) groups is 3. The number of esters is 1. The van der Waals surface area contributed by atoms with Crippen molar-refractivity contribution in [1.29, 1.82) is 0 Å². The molecule has 4 atom stereocenters. The summed E-state index contributed by atoms with van der Waals surface area (Å²) in [5.41, 5.74) is 0. The molecule has 1 unspecified atom stereocenters. The molecular weight excluding hydrogens is 384 g/mol. The topological polar surface area (TPSA) is 124 Å². The zero-order chi connectivity index (χ0) is 21.6. The number of hydrogen-bond donors (Lipinski definition) is 2. The molecule has 0 aromatic heterocycles. The fourth-order valence-electron chi connectivity index (χ4n) is 3.20. The molecule has 2 N–H and O–H groups in total. The summed E-state index contributed by atoms with van der Waals surface area (Å²) in [4.78, 5) is 37.3. The molecule has 0 aromatic rings. The Kier molecular flexibility index (Phi) is 7.77. The van der Waals surface area contributed by atoms with Crippen molar-refractivity contribution >= 4 is 18.0 Å². The highest BCUT2D eigenvalue weighted by atomic mass is 16.7. The summed E-state index contributed by atoms with van der Waals surface area (Å²) in [5.74, 6) is -2.84. The number of β-lactam (4-membered cyclic amide) rings is 1.